The highest BCUT2D eigenvalue weighted by Gasteiger charge is 2.57. The Labute approximate surface area is 190 Å². The highest BCUT2D eigenvalue weighted by molar-refractivity contribution is 6.14. The number of benzene rings is 3. The van der Waals surface area contributed by atoms with Crippen molar-refractivity contribution in [2.45, 2.75) is 19.3 Å². The molecule has 2 amide bonds. The Bertz CT molecular complexity index is 1330. The van der Waals surface area contributed by atoms with E-state index >= 15 is 0 Å². The molecule has 3 aliphatic rings. The molecule has 1 spiro atoms. The molecule has 3 aromatic rings. The lowest BCUT2D eigenvalue weighted by molar-refractivity contribution is -0.124. The lowest BCUT2D eigenvalue weighted by atomic mass is 9.77. The first-order valence-electron chi connectivity index (χ1n) is 10.8. The molecule has 0 fully saturated rings. The van der Waals surface area contributed by atoms with Gasteiger partial charge in [-0.2, -0.15) is 0 Å². The summed E-state index contributed by atoms with van der Waals surface area (Å²) in [5, 5.41) is 2.92. The maximum Gasteiger partial charge on any atom is 0.246 e. The van der Waals surface area contributed by atoms with Crippen molar-refractivity contribution in [3.63, 3.8) is 0 Å². The van der Waals surface area contributed by atoms with Crippen LogP contribution in [0.1, 0.15) is 22.3 Å². The molecular weight excluding hydrogens is 420 g/mol. The van der Waals surface area contributed by atoms with Gasteiger partial charge in [-0.3, -0.25) is 9.59 Å². The van der Waals surface area contributed by atoms with Crippen LogP contribution in [-0.4, -0.2) is 31.8 Å². The molecule has 166 valence electrons. The van der Waals surface area contributed by atoms with Crippen LogP contribution in [0.4, 0.5) is 11.4 Å². The Morgan fingerprint density at radius 3 is 2.55 bits per heavy atom. The number of para-hydroxylation sites is 1. The van der Waals surface area contributed by atoms with Gasteiger partial charge < -0.3 is 24.4 Å². The fraction of sp³-hybridized carbons (Fsp3) is 0.231. The van der Waals surface area contributed by atoms with E-state index in [0.717, 1.165) is 22.3 Å². The van der Waals surface area contributed by atoms with Gasteiger partial charge in [0.25, 0.3) is 0 Å². The number of hydrogen-bond donors (Lipinski definition) is 1. The van der Waals surface area contributed by atoms with Crippen LogP contribution in [0.25, 0.3) is 0 Å². The first kappa shape index (κ1) is 19.7. The fourth-order valence-corrected chi connectivity index (χ4v) is 4.88. The van der Waals surface area contributed by atoms with Gasteiger partial charge in [-0.15, -0.1) is 0 Å². The molecule has 1 atom stereocenters. The summed E-state index contributed by atoms with van der Waals surface area (Å²) in [7, 11) is 0. The van der Waals surface area contributed by atoms with E-state index in [9.17, 15) is 9.59 Å². The summed E-state index contributed by atoms with van der Waals surface area (Å²) in [4.78, 5) is 28.4. The first-order valence-corrected chi connectivity index (χ1v) is 10.8. The van der Waals surface area contributed by atoms with E-state index in [-0.39, 0.29) is 31.8 Å². The van der Waals surface area contributed by atoms with E-state index < -0.39 is 5.41 Å². The number of ether oxygens (including phenoxy) is 3. The molecule has 33 heavy (non-hydrogen) atoms. The van der Waals surface area contributed by atoms with E-state index in [1.165, 1.54) is 0 Å². The molecule has 0 radical (unpaired) electrons. The molecule has 0 saturated heterocycles. The van der Waals surface area contributed by atoms with Crippen molar-refractivity contribution in [1.82, 2.24) is 0 Å². The summed E-state index contributed by atoms with van der Waals surface area (Å²) in [5.74, 6) is 1.35. The number of hydrogen-bond acceptors (Lipinski definition) is 5. The number of fused-ring (bicyclic) bond motifs is 5. The molecule has 0 saturated carbocycles. The van der Waals surface area contributed by atoms with E-state index in [1.807, 2.05) is 62.4 Å². The van der Waals surface area contributed by atoms with Crippen LogP contribution in [0.5, 0.6) is 17.2 Å². The standard InChI is InChI=1S/C26H22N2O5/c1-15-7-8-17(9-16(15)2)27-24(29)12-28-20-6-4-3-5-18(20)26(25(28)30)13-31-21-11-23-22(10-19(21)26)32-14-33-23/h3-11H,12-14H2,1-2H3,(H,27,29). The highest BCUT2D eigenvalue weighted by atomic mass is 16.7. The number of carbonyl (C=O) groups is 2. The predicted molar refractivity (Wildman–Crippen MR) is 122 cm³/mol. The van der Waals surface area contributed by atoms with E-state index in [0.29, 0.717) is 28.6 Å². The van der Waals surface area contributed by atoms with Gasteiger partial charge in [0.05, 0.1) is 0 Å². The molecule has 3 aliphatic heterocycles. The number of anilines is 2. The Morgan fingerprint density at radius 2 is 1.73 bits per heavy atom. The van der Waals surface area contributed by atoms with Gasteiger partial charge in [0.2, 0.25) is 18.6 Å². The average molecular weight is 442 g/mol. The fourth-order valence-electron chi connectivity index (χ4n) is 4.88. The van der Waals surface area contributed by atoms with Gasteiger partial charge in [-0.25, -0.2) is 0 Å². The van der Waals surface area contributed by atoms with Gasteiger partial charge in [-0.05, 0) is 54.8 Å². The average Bonchev–Trinajstić information content (AvgIpc) is 3.48. The second-order valence-electron chi connectivity index (χ2n) is 8.65. The zero-order valence-corrected chi connectivity index (χ0v) is 18.3. The molecule has 6 rings (SSSR count). The summed E-state index contributed by atoms with van der Waals surface area (Å²) < 4.78 is 17.0. The Balaban J connectivity index is 1.35. The normalized spacial score (nSPS) is 19.5. The number of rotatable bonds is 3. The lowest BCUT2D eigenvalue weighted by Gasteiger charge is -2.23. The zero-order valence-electron chi connectivity index (χ0n) is 18.3. The van der Waals surface area contributed by atoms with Crippen LogP contribution in [0, 0.1) is 13.8 Å². The summed E-state index contributed by atoms with van der Waals surface area (Å²) >= 11 is 0. The van der Waals surface area contributed by atoms with Crippen molar-refractivity contribution >= 4 is 23.2 Å². The third-order valence-electron chi connectivity index (χ3n) is 6.74. The van der Waals surface area contributed by atoms with Gasteiger partial charge in [0.15, 0.2) is 11.5 Å². The van der Waals surface area contributed by atoms with Crippen LogP contribution in [-0.2, 0) is 15.0 Å². The molecule has 7 nitrogen and oxygen atoms in total. The van der Waals surface area contributed by atoms with Crippen molar-refractivity contribution in [3.05, 3.63) is 76.9 Å². The third kappa shape index (κ3) is 2.81. The first-order chi connectivity index (χ1) is 16.0. The second kappa shape index (κ2) is 7.00. The SMILES string of the molecule is Cc1ccc(NC(=O)CN2C(=O)C3(COc4cc5c(cc43)OCO5)c3ccccc32)cc1C. The van der Waals surface area contributed by atoms with Crippen LogP contribution < -0.4 is 24.4 Å². The number of nitrogens with zero attached hydrogens (tertiary/aromatic N) is 1. The van der Waals surface area contributed by atoms with Gasteiger partial charge in [0.1, 0.15) is 24.3 Å². The molecular formula is C26H22N2O5. The van der Waals surface area contributed by atoms with Crippen LogP contribution in [0.2, 0.25) is 0 Å². The number of aryl methyl sites for hydroxylation is 2. The molecule has 0 aliphatic carbocycles. The minimum atomic E-state index is -1.02. The van der Waals surface area contributed by atoms with Crippen LogP contribution in [0.3, 0.4) is 0 Å². The van der Waals surface area contributed by atoms with Gasteiger partial charge in [-0.1, -0.05) is 24.3 Å². The summed E-state index contributed by atoms with van der Waals surface area (Å²) in [6, 6.07) is 16.9. The molecule has 3 aromatic carbocycles. The van der Waals surface area contributed by atoms with Crippen LogP contribution in [0.15, 0.2) is 54.6 Å². The zero-order chi connectivity index (χ0) is 22.7. The third-order valence-corrected chi connectivity index (χ3v) is 6.74. The van der Waals surface area contributed by atoms with Crippen molar-refractivity contribution in [1.29, 1.82) is 0 Å². The van der Waals surface area contributed by atoms with Crippen molar-refractivity contribution in [2.24, 2.45) is 0 Å². The smallest absolute Gasteiger partial charge is 0.246 e. The van der Waals surface area contributed by atoms with Gasteiger partial charge >= 0.3 is 0 Å². The highest BCUT2D eigenvalue weighted by Crippen LogP contribution is 2.54. The molecule has 0 aromatic heterocycles. The minimum absolute atomic E-state index is 0.0929. The molecule has 7 heteroatoms. The maximum absolute atomic E-state index is 13.9. The quantitative estimate of drug-likeness (QED) is 0.670. The lowest BCUT2D eigenvalue weighted by Crippen LogP contribution is -2.45. The predicted octanol–water partition coefficient (Wildman–Crippen LogP) is 3.70. The van der Waals surface area contributed by atoms with E-state index in [1.54, 1.807) is 11.0 Å². The Morgan fingerprint density at radius 1 is 0.939 bits per heavy atom. The van der Waals surface area contributed by atoms with E-state index in [2.05, 4.69) is 5.32 Å². The van der Waals surface area contributed by atoms with Crippen LogP contribution >= 0.6 is 0 Å². The summed E-state index contributed by atoms with van der Waals surface area (Å²) in [6.45, 7) is 4.23. The minimum Gasteiger partial charge on any atom is -0.491 e. The monoisotopic (exact) mass is 442 g/mol. The Kier molecular flexibility index (Phi) is 4.17. The van der Waals surface area contributed by atoms with E-state index in [4.69, 9.17) is 14.2 Å². The molecule has 1 unspecified atom stereocenters. The van der Waals surface area contributed by atoms with Crippen molar-refractivity contribution in [3.8, 4) is 17.2 Å². The van der Waals surface area contributed by atoms with Crippen molar-refractivity contribution < 1.29 is 23.8 Å². The number of amides is 2. The summed E-state index contributed by atoms with van der Waals surface area (Å²) in [6.07, 6.45) is 0. The molecule has 1 N–H and O–H groups in total. The van der Waals surface area contributed by atoms with Crippen molar-refractivity contribution in [2.75, 3.05) is 30.2 Å². The number of nitrogens with one attached hydrogen (secondary N) is 1. The largest absolute Gasteiger partial charge is 0.491 e. The van der Waals surface area contributed by atoms with Gasteiger partial charge in [0, 0.05) is 23.0 Å². The molecule has 0 bridgehead atoms. The summed E-state index contributed by atoms with van der Waals surface area (Å²) in [5.41, 5.74) is 4.21. The second-order valence-corrected chi connectivity index (χ2v) is 8.65. The maximum atomic E-state index is 13.9. The number of carbonyl (C=O) groups excluding carboxylic acids is 2. The molecule has 3 heterocycles. The topological polar surface area (TPSA) is 77.1 Å². The Hall–Kier alpha value is -4.00.